The number of halogens is 9. The van der Waals surface area contributed by atoms with E-state index >= 15 is 0 Å². The molecule has 0 aromatic heterocycles. The summed E-state index contributed by atoms with van der Waals surface area (Å²) in [7, 11) is 0. The van der Waals surface area contributed by atoms with Crippen LogP contribution in [0.1, 0.15) is 27.0 Å². The van der Waals surface area contributed by atoms with Gasteiger partial charge in [0, 0.05) is 11.1 Å². The number of alkyl halides is 9. The van der Waals surface area contributed by atoms with Gasteiger partial charge < -0.3 is 23.7 Å². The maximum atomic E-state index is 13.7. The Hall–Kier alpha value is -1.60. The number of ether oxygens (including phenoxy) is 5. The van der Waals surface area contributed by atoms with Gasteiger partial charge in [0.1, 0.15) is 31.3 Å². The van der Waals surface area contributed by atoms with Crippen molar-refractivity contribution < 1.29 is 42.9 Å². The van der Waals surface area contributed by atoms with Crippen molar-refractivity contribution in [3.63, 3.8) is 0 Å². The third kappa shape index (κ3) is 10.2. The molecule has 1 aliphatic carbocycles. The van der Waals surface area contributed by atoms with Crippen molar-refractivity contribution in [2.45, 2.75) is 11.4 Å². The van der Waals surface area contributed by atoms with E-state index in [1.807, 2.05) is 0 Å². The number of carbonyl (C=O) groups excluding carboxylic acids is 4. The van der Waals surface area contributed by atoms with Crippen LogP contribution in [0.3, 0.4) is 0 Å². The Morgan fingerprint density at radius 3 is 1.52 bits per heavy atom. The van der Waals surface area contributed by atoms with Crippen LogP contribution in [0.2, 0.25) is 0 Å². The van der Waals surface area contributed by atoms with E-state index < -0.39 is 66.9 Å². The molecule has 1 aliphatic rings. The molecule has 10 nitrogen and oxygen atoms in total. The summed E-state index contributed by atoms with van der Waals surface area (Å²) in [4.78, 5) is 55.0. The summed E-state index contributed by atoms with van der Waals surface area (Å²) in [5, 5.41) is 0. The standard InChI is InChI=1S/C23H12Cl9NO9/c24-21(25,26)7-38-18(35)33-16-10-3-1-2-4-11(10)17(34)15-13(42-20(37)40-9-23(30,31)32)6-5-12(14(15)16)41-19(36)39-8-22(27,28)29/h1-6H,7-9H2/b33-16+. The van der Waals surface area contributed by atoms with Gasteiger partial charge in [-0.05, 0) is 12.1 Å². The minimum Gasteiger partial charge on any atom is -0.443 e. The van der Waals surface area contributed by atoms with E-state index in [9.17, 15) is 19.2 Å². The fourth-order valence-electron chi connectivity index (χ4n) is 3.26. The van der Waals surface area contributed by atoms with Crippen molar-refractivity contribution in [2.75, 3.05) is 19.8 Å². The molecule has 0 aliphatic heterocycles. The maximum Gasteiger partial charge on any atom is 0.514 e. The fraction of sp³-hybridized carbons (Fsp3) is 0.261. The van der Waals surface area contributed by atoms with Crippen LogP contribution < -0.4 is 9.47 Å². The number of hydrogen-bond donors (Lipinski definition) is 0. The third-order valence-electron chi connectivity index (χ3n) is 4.68. The molecule has 2 aromatic rings. The molecule has 2 aromatic carbocycles. The van der Waals surface area contributed by atoms with E-state index in [4.69, 9.17) is 128 Å². The van der Waals surface area contributed by atoms with Crippen LogP contribution in [0.5, 0.6) is 11.5 Å². The number of hydrogen-bond acceptors (Lipinski definition) is 9. The highest BCUT2D eigenvalue weighted by molar-refractivity contribution is 6.68. The first-order valence-electron chi connectivity index (χ1n) is 10.8. The van der Waals surface area contributed by atoms with Crippen LogP contribution in [0.4, 0.5) is 14.4 Å². The lowest BCUT2D eigenvalue weighted by atomic mass is 9.82. The Bertz CT molecular complexity index is 1430. The van der Waals surface area contributed by atoms with Crippen molar-refractivity contribution in [3.8, 4) is 11.5 Å². The summed E-state index contributed by atoms with van der Waals surface area (Å²) >= 11 is 50.5. The number of aliphatic imine (C=N–C) groups is 1. The molecule has 42 heavy (non-hydrogen) atoms. The lowest BCUT2D eigenvalue weighted by Crippen LogP contribution is -2.27. The predicted octanol–water partition coefficient (Wildman–Crippen LogP) is 8.35. The van der Waals surface area contributed by atoms with Gasteiger partial charge in [-0.2, -0.15) is 4.99 Å². The molecule has 1 amide bonds. The molecule has 0 bridgehead atoms. The summed E-state index contributed by atoms with van der Waals surface area (Å²) in [5.41, 5.74) is -0.857. The number of amides is 1. The highest BCUT2D eigenvalue weighted by Gasteiger charge is 2.37. The van der Waals surface area contributed by atoms with Crippen LogP contribution in [-0.4, -0.2) is 61.1 Å². The minimum atomic E-state index is -1.98. The van der Waals surface area contributed by atoms with E-state index in [-0.39, 0.29) is 28.0 Å². The summed E-state index contributed by atoms with van der Waals surface area (Å²) in [6.07, 6.45) is -4.00. The molecule has 0 spiro atoms. The Kier molecular flexibility index (Phi) is 11.6. The molecule has 0 saturated heterocycles. The molecule has 226 valence electrons. The summed E-state index contributed by atoms with van der Waals surface area (Å²) in [5.74, 6) is -1.54. The summed E-state index contributed by atoms with van der Waals surface area (Å²) in [6.45, 7) is -2.10. The number of rotatable bonds is 5. The first-order valence-corrected chi connectivity index (χ1v) is 14.2. The largest absolute Gasteiger partial charge is 0.514 e. The van der Waals surface area contributed by atoms with Gasteiger partial charge in [0.15, 0.2) is 5.78 Å². The zero-order valence-electron chi connectivity index (χ0n) is 20.1. The first kappa shape index (κ1) is 34.9. The highest BCUT2D eigenvalue weighted by Crippen LogP contribution is 2.40. The van der Waals surface area contributed by atoms with Gasteiger partial charge in [-0.1, -0.05) is 129 Å². The average molecular weight is 765 g/mol. The van der Waals surface area contributed by atoms with E-state index in [0.717, 1.165) is 12.1 Å². The SMILES string of the molecule is O=C(/N=C1\c2ccccc2C(=O)c2c(OC(=O)OCC(Cl)(Cl)Cl)ccc(OC(=O)OCC(Cl)(Cl)Cl)c21)OCC(Cl)(Cl)Cl. The molecule has 0 heterocycles. The Morgan fingerprint density at radius 1 is 0.619 bits per heavy atom. The third-order valence-corrected chi connectivity index (χ3v) is 5.66. The molecule has 0 fully saturated rings. The number of ketones is 1. The summed E-state index contributed by atoms with van der Waals surface area (Å²) < 4.78 is 19.0. The van der Waals surface area contributed by atoms with E-state index in [1.165, 1.54) is 24.3 Å². The van der Waals surface area contributed by atoms with Crippen LogP contribution >= 0.6 is 104 Å². The molecule has 3 rings (SSSR count). The van der Waals surface area contributed by atoms with Gasteiger partial charge in [0.05, 0.1) is 16.8 Å². The van der Waals surface area contributed by atoms with Crippen LogP contribution in [0.25, 0.3) is 0 Å². The molecular formula is C23H12Cl9NO9. The average Bonchev–Trinajstić information content (AvgIpc) is 2.87. The number of nitrogens with zero attached hydrogens (tertiary/aromatic N) is 1. The van der Waals surface area contributed by atoms with E-state index in [0.29, 0.717) is 0 Å². The van der Waals surface area contributed by atoms with Gasteiger partial charge in [0.25, 0.3) is 0 Å². The second kappa shape index (κ2) is 14.0. The molecule has 0 saturated carbocycles. The van der Waals surface area contributed by atoms with Crippen LogP contribution in [0.15, 0.2) is 41.4 Å². The Morgan fingerprint density at radius 2 is 1.05 bits per heavy atom. The normalized spacial score (nSPS) is 14.0. The quantitative estimate of drug-likeness (QED) is 0.109. The highest BCUT2D eigenvalue weighted by atomic mass is 35.6. The van der Waals surface area contributed by atoms with E-state index in [1.54, 1.807) is 0 Å². The lowest BCUT2D eigenvalue weighted by Gasteiger charge is -2.24. The molecule has 0 N–H and O–H groups in total. The zero-order valence-corrected chi connectivity index (χ0v) is 26.9. The topological polar surface area (TPSA) is 127 Å². The van der Waals surface area contributed by atoms with Crippen molar-refractivity contribution in [1.29, 1.82) is 0 Å². The second-order valence-electron chi connectivity index (χ2n) is 7.83. The smallest absolute Gasteiger partial charge is 0.443 e. The van der Waals surface area contributed by atoms with Crippen molar-refractivity contribution >= 4 is 134 Å². The predicted molar refractivity (Wildman–Crippen MR) is 158 cm³/mol. The number of benzene rings is 2. The van der Waals surface area contributed by atoms with Gasteiger partial charge in [-0.15, -0.1) is 0 Å². The maximum absolute atomic E-state index is 13.7. The van der Waals surface area contributed by atoms with Crippen molar-refractivity contribution in [3.05, 3.63) is 58.7 Å². The van der Waals surface area contributed by atoms with Gasteiger partial charge in [0.2, 0.25) is 11.4 Å². The van der Waals surface area contributed by atoms with Crippen molar-refractivity contribution in [1.82, 2.24) is 0 Å². The molecule has 0 radical (unpaired) electrons. The second-order valence-corrected chi connectivity index (χ2v) is 15.4. The monoisotopic (exact) mass is 761 g/mol. The summed E-state index contributed by atoms with van der Waals surface area (Å²) in [6, 6.07) is 8.06. The molecule has 0 atom stereocenters. The minimum absolute atomic E-state index is 0.00775. The van der Waals surface area contributed by atoms with Gasteiger partial charge >= 0.3 is 18.4 Å². The Labute approximate surface area is 281 Å². The van der Waals surface area contributed by atoms with Gasteiger partial charge in [-0.3, -0.25) is 4.79 Å². The fourth-order valence-corrected chi connectivity index (χ4v) is 3.75. The number of carbonyl (C=O) groups is 4. The lowest BCUT2D eigenvalue weighted by molar-refractivity contribution is 0.0960. The zero-order chi connectivity index (χ0) is 31.5. The van der Waals surface area contributed by atoms with Crippen molar-refractivity contribution in [2.24, 2.45) is 4.99 Å². The van der Waals surface area contributed by atoms with Crippen LogP contribution in [-0.2, 0) is 14.2 Å². The Balaban J connectivity index is 2.16. The molecule has 19 heteroatoms. The van der Waals surface area contributed by atoms with Gasteiger partial charge in [-0.25, -0.2) is 14.4 Å². The molecule has 0 unspecified atom stereocenters. The van der Waals surface area contributed by atoms with Crippen LogP contribution in [0, 0.1) is 0 Å². The number of fused-ring (bicyclic) bond motifs is 2. The van der Waals surface area contributed by atoms with E-state index in [2.05, 4.69) is 4.99 Å². The molecular weight excluding hydrogens is 753 g/mol. The first-order chi connectivity index (χ1) is 19.3.